The first-order valence-corrected chi connectivity index (χ1v) is 5.84. The van der Waals surface area contributed by atoms with E-state index in [2.05, 4.69) is 10.2 Å². The molecule has 16 heavy (non-hydrogen) atoms. The zero-order valence-electron chi connectivity index (χ0n) is 9.63. The van der Waals surface area contributed by atoms with Crippen molar-refractivity contribution in [2.24, 2.45) is 0 Å². The predicted molar refractivity (Wildman–Crippen MR) is 68.5 cm³/mol. The van der Waals surface area contributed by atoms with Crippen LogP contribution in [-0.4, -0.2) is 30.3 Å². The van der Waals surface area contributed by atoms with Gasteiger partial charge in [0.2, 0.25) is 0 Å². The lowest BCUT2D eigenvalue weighted by Crippen LogP contribution is -2.43. The van der Waals surface area contributed by atoms with Gasteiger partial charge in [-0.2, -0.15) is 0 Å². The molecule has 0 radical (unpaired) electrons. The molecule has 2 N–H and O–H groups in total. The number of nitrogens with zero attached hydrogens (tertiary/aromatic N) is 1. The lowest BCUT2D eigenvalue weighted by Gasteiger charge is -2.35. The molecule has 1 aromatic carbocycles. The topological polar surface area (TPSA) is 35.5 Å². The van der Waals surface area contributed by atoms with Gasteiger partial charge in [-0.05, 0) is 32.0 Å². The molecule has 0 unspecified atom stereocenters. The quantitative estimate of drug-likeness (QED) is 0.833. The van der Waals surface area contributed by atoms with Crippen LogP contribution in [-0.2, 0) is 0 Å². The van der Waals surface area contributed by atoms with Crippen molar-refractivity contribution in [3.05, 3.63) is 23.2 Å². The summed E-state index contributed by atoms with van der Waals surface area (Å²) in [5.41, 5.74) is 1.46. The molecule has 0 atom stereocenters. The molecule has 0 saturated heterocycles. The molecular weight excluding hydrogens is 224 g/mol. The molecule has 1 aliphatic heterocycles. The molecule has 0 fully saturated rings. The largest absolute Gasteiger partial charge is 0.389 e. The van der Waals surface area contributed by atoms with Gasteiger partial charge >= 0.3 is 0 Å². The molecular formula is C12H17ClN2O. The standard InChI is InChI=1S/C12H17ClN2O/c1-12(2,16)8-15-6-5-14-10-4-3-9(13)7-11(10)15/h3-4,7,14,16H,5-6,8H2,1-2H3. The minimum atomic E-state index is -0.697. The van der Waals surface area contributed by atoms with Crippen molar-refractivity contribution in [3.63, 3.8) is 0 Å². The highest BCUT2D eigenvalue weighted by atomic mass is 35.5. The number of β-amino-alcohol motifs (C(OH)–C–C–N with tert-alkyl or cyclic N) is 1. The lowest BCUT2D eigenvalue weighted by molar-refractivity contribution is 0.0874. The van der Waals surface area contributed by atoms with Crippen LogP contribution >= 0.6 is 11.6 Å². The van der Waals surface area contributed by atoms with Crippen molar-refractivity contribution in [2.45, 2.75) is 19.4 Å². The van der Waals surface area contributed by atoms with Crippen LogP contribution in [0, 0.1) is 0 Å². The monoisotopic (exact) mass is 240 g/mol. The first-order valence-electron chi connectivity index (χ1n) is 5.46. The molecule has 0 aliphatic carbocycles. The van der Waals surface area contributed by atoms with Crippen molar-refractivity contribution >= 4 is 23.0 Å². The second-order valence-corrected chi connectivity index (χ2v) is 5.26. The number of anilines is 2. The first kappa shape index (κ1) is 11.6. The van der Waals surface area contributed by atoms with Gasteiger partial charge in [-0.25, -0.2) is 0 Å². The van der Waals surface area contributed by atoms with Crippen molar-refractivity contribution in [3.8, 4) is 0 Å². The third kappa shape index (κ3) is 2.60. The van der Waals surface area contributed by atoms with E-state index in [0.717, 1.165) is 29.5 Å². The smallest absolute Gasteiger partial charge is 0.0765 e. The Morgan fingerprint density at radius 3 is 2.94 bits per heavy atom. The Bertz CT molecular complexity index is 387. The Labute approximate surface area is 101 Å². The average Bonchev–Trinajstić information content (AvgIpc) is 2.17. The van der Waals surface area contributed by atoms with E-state index in [1.807, 2.05) is 32.0 Å². The Balaban J connectivity index is 2.28. The fourth-order valence-electron chi connectivity index (χ4n) is 1.99. The van der Waals surface area contributed by atoms with Crippen LogP contribution in [0.1, 0.15) is 13.8 Å². The number of hydrogen-bond donors (Lipinski definition) is 2. The first-order chi connectivity index (χ1) is 7.46. The molecule has 0 aromatic heterocycles. The van der Waals surface area contributed by atoms with Gasteiger partial charge in [-0.15, -0.1) is 0 Å². The van der Waals surface area contributed by atoms with Gasteiger partial charge in [0, 0.05) is 24.7 Å². The highest BCUT2D eigenvalue weighted by Gasteiger charge is 2.23. The van der Waals surface area contributed by atoms with Crippen molar-refractivity contribution in [1.29, 1.82) is 0 Å². The number of nitrogens with one attached hydrogen (secondary N) is 1. The predicted octanol–water partition coefficient (Wildman–Crippen LogP) is 2.34. The van der Waals surface area contributed by atoms with Crippen molar-refractivity contribution in [2.75, 3.05) is 29.9 Å². The maximum atomic E-state index is 9.87. The van der Waals surface area contributed by atoms with E-state index in [1.54, 1.807) is 0 Å². The molecule has 1 heterocycles. The summed E-state index contributed by atoms with van der Waals surface area (Å²) in [6.45, 7) is 6.03. The number of fused-ring (bicyclic) bond motifs is 1. The molecule has 3 nitrogen and oxygen atoms in total. The Hall–Kier alpha value is -0.930. The van der Waals surface area contributed by atoms with E-state index in [1.165, 1.54) is 0 Å². The van der Waals surface area contributed by atoms with Gasteiger partial charge in [-0.1, -0.05) is 11.6 Å². The van der Waals surface area contributed by atoms with Crippen LogP contribution < -0.4 is 10.2 Å². The number of aliphatic hydroxyl groups is 1. The fourth-order valence-corrected chi connectivity index (χ4v) is 2.16. The Morgan fingerprint density at radius 1 is 1.50 bits per heavy atom. The lowest BCUT2D eigenvalue weighted by atomic mass is 10.1. The van der Waals surface area contributed by atoms with Gasteiger partial charge in [0.15, 0.2) is 0 Å². The zero-order chi connectivity index (χ0) is 11.8. The summed E-state index contributed by atoms with van der Waals surface area (Å²) in [5.74, 6) is 0. The van der Waals surface area contributed by atoms with E-state index in [9.17, 15) is 5.11 Å². The van der Waals surface area contributed by atoms with Crippen LogP contribution in [0.15, 0.2) is 18.2 Å². The summed E-state index contributed by atoms with van der Waals surface area (Å²) in [6.07, 6.45) is 0. The molecule has 1 aliphatic rings. The van der Waals surface area contributed by atoms with Gasteiger partial charge in [-0.3, -0.25) is 0 Å². The Kier molecular flexibility index (Phi) is 3.00. The van der Waals surface area contributed by atoms with Gasteiger partial charge < -0.3 is 15.3 Å². The van der Waals surface area contributed by atoms with Gasteiger partial charge in [0.05, 0.1) is 17.0 Å². The minimum Gasteiger partial charge on any atom is -0.389 e. The number of hydrogen-bond acceptors (Lipinski definition) is 3. The van der Waals surface area contributed by atoms with Gasteiger partial charge in [0.1, 0.15) is 0 Å². The maximum Gasteiger partial charge on any atom is 0.0765 e. The number of rotatable bonds is 2. The molecule has 0 spiro atoms. The maximum absolute atomic E-state index is 9.87. The Morgan fingerprint density at radius 2 is 2.25 bits per heavy atom. The van der Waals surface area contributed by atoms with Crippen molar-refractivity contribution < 1.29 is 5.11 Å². The van der Waals surface area contributed by atoms with Crippen LogP contribution in [0.25, 0.3) is 0 Å². The summed E-state index contributed by atoms with van der Waals surface area (Å²) in [7, 11) is 0. The summed E-state index contributed by atoms with van der Waals surface area (Å²) in [6, 6.07) is 5.80. The summed E-state index contributed by atoms with van der Waals surface area (Å²) in [5, 5.41) is 13.9. The van der Waals surface area contributed by atoms with E-state index in [-0.39, 0.29) is 0 Å². The highest BCUT2D eigenvalue weighted by Crippen LogP contribution is 2.32. The normalized spacial score (nSPS) is 15.6. The third-order valence-corrected chi connectivity index (χ3v) is 2.81. The average molecular weight is 241 g/mol. The fraction of sp³-hybridized carbons (Fsp3) is 0.500. The number of halogens is 1. The van der Waals surface area contributed by atoms with Gasteiger partial charge in [0.25, 0.3) is 0 Å². The third-order valence-electron chi connectivity index (χ3n) is 2.58. The van der Waals surface area contributed by atoms with E-state index < -0.39 is 5.60 Å². The molecule has 0 amide bonds. The molecule has 0 bridgehead atoms. The second kappa shape index (κ2) is 4.15. The molecule has 2 rings (SSSR count). The molecule has 4 heteroatoms. The van der Waals surface area contributed by atoms with E-state index in [4.69, 9.17) is 11.6 Å². The number of benzene rings is 1. The van der Waals surface area contributed by atoms with Crippen LogP contribution in [0.4, 0.5) is 11.4 Å². The van der Waals surface area contributed by atoms with Crippen molar-refractivity contribution in [1.82, 2.24) is 0 Å². The molecule has 0 saturated carbocycles. The minimum absolute atomic E-state index is 0.613. The highest BCUT2D eigenvalue weighted by molar-refractivity contribution is 6.31. The summed E-state index contributed by atoms with van der Waals surface area (Å²) in [4.78, 5) is 2.16. The molecule has 88 valence electrons. The summed E-state index contributed by atoms with van der Waals surface area (Å²) < 4.78 is 0. The van der Waals surface area contributed by atoms with E-state index >= 15 is 0 Å². The van der Waals surface area contributed by atoms with Crippen LogP contribution in [0.5, 0.6) is 0 Å². The summed E-state index contributed by atoms with van der Waals surface area (Å²) >= 11 is 6.00. The second-order valence-electron chi connectivity index (χ2n) is 4.82. The van der Waals surface area contributed by atoms with E-state index in [0.29, 0.717) is 6.54 Å². The van der Waals surface area contributed by atoms with Crippen LogP contribution in [0.2, 0.25) is 5.02 Å². The zero-order valence-corrected chi connectivity index (χ0v) is 10.4. The van der Waals surface area contributed by atoms with Crippen LogP contribution in [0.3, 0.4) is 0 Å². The SMILES string of the molecule is CC(C)(O)CN1CCNc2ccc(Cl)cc21. The molecule has 1 aromatic rings.